The van der Waals surface area contributed by atoms with Gasteiger partial charge in [0.25, 0.3) is 0 Å². The average molecular weight is 766 g/mol. The van der Waals surface area contributed by atoms with E-state index in [2.05, 4.69) is 78.3 Å². The number of likely N-dealkylation sites (tertiary alicyclic amines) is 1. The minimum atomic E-state index is -0.201. The zero-order valence-corrected chi connectivity index (χ0v) is 33.1. The van der Waals surface area contributed by atoms with Crippen LogP contribution in [0.4, 0.5) is 0 Å². The molecule has 2 aromatic heterocycles. The van der Waals surface area contributed by atoms with E-state index in [0.717, 1.165) is 94.3 Å². The van der Waals surface area contributed by atoms with Crippen LogP contribution in [0.1, 0.15) is 63.8 Å². The summed E-state index contributed by atoms with van der Waals surface area (Å²) >= 11 is 8.58. The van der Waals surface area contributed by atoms with Gasteiger partial charge < -0.3 is 24.2 Å². The summed E-state index contributed by atoms with van der Waals surface area (Å²) in [6.07, 6.45) is 5.71. The number of ether oxygens (including phenoxy) is 3. The van der Waals surface area contributed by atoms with Gasteiger partial charge in [0.2, 0.25) is 0 Å². The van der Waals surface area contributed by atoms with Crippen LogP contribution in [0, 0.1) is 25.2 Å². The Morgan fingerprint density at radius 2 is 1.76 bits per heavy atom. The quantitative estimate of drug-likeness (QED) is 0.0934. The lowest BCUT2D eigenvalue weighted by Gasteiger charge is -2.20. The fourth-order valence-corrected chi connectivity index (χ4v) is 7.93. The van der Waals surface area contributed by atoms with Gasteiger partial charge in [-0.3, -0.25) is 9.88 Å². The van der Waals surface area contributed by atoms with Gasteiger partial charge in [-0.15, -0.1) is 11.3 Å². The molecule has 0 radical (unpaired) electrons. The van der Waals surface area contributed by atoms with Crippen LogP contribution in [-0.4, -0.2) is 64.3 Å². The maximum absolute atomic E-state index is 9.81. The number of aliphatic hydroxyl groups is 1. The van der Waals surface area contributed by atoms with Crippen LogP contribution in [0.25, 0.3) is 11.1 Å². The van der Waals surface area contributed by atoms with Gasteiger partial charge in [-0.1, -0.05) is 48.9 Å². The summed E-state index contributed by atoms with van der Waals surface area (Å²) in [5.41, 5.74) is 8.79. The molecule has 1 N–H and O–H groups in total. The first-order valence-electron chi connectivity index (χ1n) is 18.5. The van der Waals surface area contributed by atoms with Crippen LogP contribution in [0.15, 0.2) is 72.4 Å². The Labute approximate surface area is 327 Å². The molecule has 9 nitrogen and oxygen atoms in total. The Bertz CT molecular complexity index is 2080. The second-order valence-corrected chi connectivity index (χ2v) is 15.2. The topological polar surface area (TPSA) is 104 Å². The van der Waals surface area contributed by atoms with Crippen molar-refractivity contribution >= 4 is 22.9 Å². The van der Waals surface area contributed by atoms with Crippen LogP contribution in [0.2, 0.25) is 5.02 Å². The van der Waals surface area contributed by atoms with Crippen molar-refractivity contribution in [2.75, 3.05) is 33.3 Å². The molecule has 11 heteroatoms. The lowest BCUT2D eigenvalue weighted by molar-refractivity contribution is 0.173. The standard InChI is InChI=1S/C43H48ClN5O4S/c1-5-35-28-54-43(47-35)25-48(4)23-34-18-39(44)42(19-41(34)52-26-32-17-31(20-45)21-46-22-32)53-27-33-9-6-10-37(29(33)2)38-11-7-12-40(30(38)3)51-16-8-14-49-15-13-36(50)24-49/h6-7,9-12,17-19,21-22,28,36,50H,5,8,13-16,23-27H2,1-4H3. The predicted octanol–water partition coefficient (Wildman–Crippen LogP) is 8.53. The van der Waals surface area contributed by atoms with E-state index in [4.69, 9.17) is 30.8 Å². The van der Waals surface area contributed by atoms with Gasteiger partial charge in [0.1, 0.15) is 41.5 Å². The SMILES string of the molecule is CCc1csc(CN(C)Cc2cc(Cl)c(OCc3cccc(-c4cccc(OCCCN5CCC(O)C5)c4C)c3C)cc2OCc2cncc(C#N)c2)n1. The van der Waals surface area contributed by atoms with Gasteiger partial charge in [-0.05, 0) is 86.2 Å². The van der Waals surface area contributed by atoms with Crippen molar-refractivity contribution in [2.24, 2.45) is 0 Å². The Hall–Kier alpha value is -4.50. The van der Waals surface area contributed by atoms with Crippen molar-refractivity contribution < 1.29 is 19.3 Å². The van der Waals surface area contributed by atoms with Gasteiger partial charge in [-0.25, -0.2) is 4.98 Å². The maximum atomic E-state index is 9.81. The highest BCUT2D eigenvalue weighted by Crippen LogP contribution is 2.37. The number of rotatable bonds is 17. The molecular weight excluding hydrogens is 718 g/mol. The Morgan fingerprint density at radius 1 is 0.963 bits per heavy atom. The number of halogens is 1. The van der Waals surface area contributed by atoms with Crippen LogP contribution in [0.5, 0.6) is 17.2 Å². The Morgan fingerprint density at radius 3 is 2.52 bits per heavy atom. The van der Waals surface area contributed by atoms with Crippen LogP contribution in [-0.2, 0) is 32.7 Å². The maximum Gasteiger partial charge on any atom is 0.142 e. The number of aryl methyl sites for hydroxylation is 1. The molecule has 0 amide bonds. The predicted molar refractivity (Wildman–Crippen MR) is 214 cm³/mol. The zero-order valence-electron chi connectivity index (χ0n) is 31.5. The molecule has 6 rings (SSSR count). The number of nitriles is 1. The van der Waals surface area contributed by atoms with E-state index >= 15 is 0 Å². The van der Waals surface area contributed by atoms with Crippen molar-refractivity contribution in [2.45, 2.75) is 72.4 Å². The first-order valence-corrected chi connectivity index (χ1v) is 19.7. The van der Waals surface area contributed by atoms with E-state index in [9.17, 15) is 10.4 Å². The third-order valence-electron chi connectivity index (χ3n) is 9.77. The van der Waals surface area contributed by atoms with Crippen LogP contribution in [0.3, 0.4) is 0 Å². The van der Waals surface area contributed by atoms with E-state index in [1.807, 2.05) is 24.3 Å². The minimum absolute atomic E-state index is 0.201. The summed E-state index contributed by atoms with van der Waals surface area (Å²) < 4.78 is 19.1. The summed E-state index contributed by atoms with van der Waals surface area (Å²) in [4.78, 5) is 13.4. The van der Waals surface area contributed by atoms with E-state index in [-0.39, 0.29) is 12.7 Å². The molecule has 1 aliphatic rings. The van der Waals surface area contributed by atoms with Gasteiger partial charge in [0.15, 0.2) is 0 Å². The smallest absolute Gasteiger partial charge is 0.142 e. The molecule has 3 aromatic carbocycles. The number of hydrogen-bond acceptors (Lipinski definition) is 10. The van der Waals surface area contributed by atoms with Crippen molar-refractivity contribution in [1.82, 2.24) is 19.8 Å². The van der Waals surface area contributed by atoms with Crippen LogP contribution >= 0.6 is 22.9 Å². The molecule has 1 atom stereocenters. The van der Waals surface area contributed by atoms with Crippen molar-refractivity contribution in [3.8, 4) is 34.4 Å². The molecule has 1 saturated heterocycles. The number of aromatic nitrogens is 2. The van der Waals surface area contributed by atoms with Crippen molar-refractivity contribution in [3.05, 3.63) is 121 Å². The van der Waals surface area contributed by atoms with Gasteiger partial charge in [0, 0.05) is 61.1 Å². The largest absolute Gasteiger partial charge is 0.493 e. The molecule has 1 aliphatic heterocycles. The molecule has 54 heavy (non-hydrogen) atoms. The normalized spacial score (nSPS) is 14.4. The summed E-state index contributed by atoms with van der Waals surface area (Å²) in [6.45, 7) is 11.4. The number of aliphatic hydroxyl groups excluding tert-OH is 1. The van der Waals surface area contributed by atoms with Crippen LogP contribution < -0.4 is 14.2 Å². The third kappa shape index (κ3) is 10.2. The Balaban J connectivity index is 1.17. The Kier molecular flexibility index (Phi) is 13.6. The molecule has 0 aliphatic carbocycles. The molecule has 0 bridgehead atoms. The fourth-order valence-electron chi connectivity index (χ4n) is 6.73. The first kappa shape index (κ1) is 39.2. The van der Waals surface area contributed by atoms with E-state index in [1.165, 1.54) is 6.20 Å². The van der Waals surface area contributed by atoms with Gasteiger partial charge in [0.05, 0.1) is 35.5 Å². The highest BCUT2D eigenvalue weighted by atomic mass is 35.5. The molecule has 282 valence electrons. The summed E-state index contributed by atoms with van der Waals surface area (Å²) in [6, 6.07) is 20.2. The van der Waals surface area contributed by atoms with Crippen molar-refractivity contribution in [1.29, 1.82) is 5.26 Å². The number of β-amino-alcohol motifs (C(OH)–C–C–N with tert-alkyl or cyclic N) is 1. The summed E-state index contributed by atoms with van der Waals surface area (Å²) in [5.74, 6) is 2.05. The fraction of sp³-hybridized carbons (Fsp3) is 0.372. The molecule has 1 fully saturated rings. The number of nitrogens with zero attached hydrogens (tertiary/aromatic N) is 5. The van der Waals surface area contributed by atoms with E-state index in [1.54, 1.807) is 23.6 Å². The molecular formula is C43H48ClN5O4S. The lowest BCUT2D eigenvalue weighted by Crippen LogP contribution is -2.24. The second-order valence-electron chi connectivity index (χ2n) is 13.9. The number of hydrogen-bond donors (Lipinski definition) is 1. The summed E-state index contributed by atoms with van der Waals surface area (Å²) in [5, 5.41) is 22.8. The minimum Gasteiger partial charge on any atom is -0.493 e. The molecule has 0 spiro atoms. The molecule has 5 aromatic rings. The third-order valence-corrected chi connectivity index (χ3v) is 10.9. The first-order chi connectivity index (χ1) is 26.2. The van der Waals surface area contributed by atoms with Gasteiger partial charge >= 0.3 is 0 Å². The second kappa shape index (κ2) is 18.7. The highest BCUT2D eigenvalue weighted by Gasteiger charge is 2.20. The average Bonchev–Trinajstić information content (AvgIpc) is 3.81. The molecule has 3 heterocycles. The number of thiazole rings is 1. The summed E-state index contributed by atoms with van der Waals surface area (Å²) in [7, 11) is 2.05. The molecule has 1 unspecified atom stereocenters. The molecule has 0 saturated carbocycles. The van der Waals surface area contributed by atoms with E-state index in [0.29, 0.717) is 48.4 Å². The van der Waals surface area contributed by atoms with Crippen molar-refractivity contribution in [3.63, 3.8) is 0 Å². The number of benzene rings is 3. The van der Waals surface area contributed by atoms with E-state index < -0.39 is 0 Å². The lowest BCUT2D eigenvalue weighted by atomic mass is 9.93. The number of pyridine rings is 1. The monoisotopic (exact) mass is 765 g/mol. The van der Waals surface area contributed by atoms with Gasteiger partial charge in [-0.2, -0.15) is 5.26 Å². The zero-order chi connectivity index (χ0) is 38.0. The highest BCUT2D eigenvalue weighted by molar-refractivity contribution is 7.09.